The van der Waals surface area contributed by atoms with Gasteiger partial charge in [-0.3, -0.25) is 9.59 Å². The number of hydrogen-bond donors (Lipinski definition) is 2. The first kappa shape index (κ1) is 20.1. The molecule has 1 aliphatic rings. The number of hydrogen-bond acceptors (Lipinski definition) is 2. The first-order chi connectivity index (χ1) is 14.6. The molecule has 1 aliphatic heterocycles. The molecule has 30 heavy (non-hydrogen) atoms. The van der Waals surface area contributed by atoms with Crippen LogP contribution in [0.5, 0.6) is 0 Å². The van der Waals surface area contributed by atoms with Crippen LogP contribution in [0.25, 0.3) is 10.9 Å². The number of carbonyl (C=O) groups is 2. The van der Waals surface area contributed by atoms with E-state index in [0.717, 1.165) is 34.9 Å². The van der Waals surface area contributed by atoms with Crippen LogP contribution in [-0.2, 0) is 22.6 Å². The number of aromatic nitrogens is 1. The summed E-state index contributed by atoms with van der Waals surface area (Å²) in [5.41, 5.74) is 3.08. The van der Waals surface area contributed by atoms with Crippen LogP contribution < -0.4 is 5.32 Å². The molecule has 6 heteroatoms. The van der Waals surface area contributed by atoms with E-state index in [1.54, 1.807) is 12.1 Å². The third kappa shape index (κ3) is 4.70. The van der Waals surface area contributed by atoms with E-state index < -0.39 is 0 Å². The zero-order valence-electron chi connectivity index (χ0n) is 16.9. The molecule has 2 aromatic carbocycles. The number of aryl methyl sites for hydroxylation is 1. The average molecular weight is 407 g/mol. The zero-order valence-corrected chi connectivity index (χ0v) is 16.9. The van der Waals surface area contributed by atoms with E-state index in [4.69, 9.17) is 0 Å². The molecule has 0 saturated carbocycles. The van der Waals surface area contributed by atoms with Gasteiger partial charge in [0.25, 0.3) is 0 Å². The van der Waals surface area contributed by atoms with Crippen molar-refractivity contribution < 1.29 is 14.0 Å². The second kappa shape index (κ2) is 9.11. The molecule has 1 atom stereocenters. The summed E-state index contributed by atoms with van der Waals surface area (Å²) in [7, 11) is 0. The van der Waals surface area contributed by atoms with Crippen molar-refractivity contribution in [3.63, 3.8) is 0 Å². The number of nitrogens with zero attached hydrogens (tertiary/aromatic N) is 1. The second-order valence-corrected chi connectivity index (χ2v) is 7.88. The van der Waals surface area contributed by atoms with Crippen molar-refractivity contribution in [2.75, 3.05) is 13.1 Å². The predicted molar refractivity (Wildman–Crippen MR) is 114 cm³/mol. The molecule has 0 spiro atoms. The van der Waals surface area contributed by atoms with Gasteiger partial charge in [0.2, 0.25) is 11.8 Å². The zero-order chi connectivity index (χ0) is 20.9. The van der Waals surface area contributed by atoms with Gasteiger partial charge in [0.05, 0.1) is 5.92 Å². The third-order valence-corrected chi connectivity index (χ3v) is 5.81. The molecule has 1 unspecified atom stereocenters. The summed E-state index contributed by atoms with van der Waals surface area (Å²) >= 11 is 0. The van der Waals surface area contributed by atoms with Crippen molar-refractivity contribution in [3.8, 4) is 0 Å². The lowest BCUT2D eigenvalue weighted by molar-refractivity contribution is -0.135. The highest BCUT2D eigenvalue weighted by Crippen LogP contribution is 2.21. The van der Waals surface area contributed by atoms with Crippen molar-refractivity contribution in [3.05, 3.63) is 71.7 Å². The van der Waals surface area contributed by atoms with Crippen molar-refractivity contribution in [2.24, 2.45) is 5.92 Å². The number of likely N-dealkylation sites (tertiary alicyclic amines) is 1. The van der Waals surface area contributed by atoms with Crippen LogP contribution in [0.1, 0.15) is 30.4 Å². The van der Waals surface area contributed by atoms with Gasteiger partial charge in [0.15, 0.2) is 0 Å². The predicted octanol–water partition coefficient (Wildman–Crippen LogP) is 3.79. The molecule has 3 aromatic rings. The normalized spacial score (nSPS) is 16.6. The molecule has 156 valence electrons. The standard InChI is InChI=1S/C24H26FN3O2/c25-20-10-7-17(8-11-20)14-27-24(30)19-4-3-13-28(16-19)23(29)12-9-18-15-26-22-6-2-1-5-21(18)22/h1-2,5-8,10-11,15,19,26H,3-4,9,12-14,16H2,(H,27,30). The molecular weight excluding hydrogens is 381 g/mol. The molecule has 5 nitrogen and oxygen atoms in total. The number of amides is 2. The molecule has 4 rings (SSSR count). The van der Waals surface area contributed by atoms with Crippen LogP contribution in [0.4, 0.5) is 4.39 Å². The van der Waals surface area contributed by atoms with Gasteiger partial charge in [-0.05, 0) is 48.6 Å². The van der Waals surface area contributed by atoms with Crippen LogP contribution in [0.2, 0.25) is 0 Å². The molecule has 0 aliphatic carbocycles. The van der Waals surface area contributed by atoms with Crippen molar-refractivity contribution in [2.45, 2.75) is 32.2 Å². The maximum absolute atomic E-state index is 13.0. The summed E-state index contributed by atoms with van der Waals surface area (Å²) in [6.07, 6.45) is 4.70. The molecule has 2 N–H and O–H groups in total. The number of piperidine rings is 1. The van der Waals surface area contributed by atoms with Gasteiger partial charge >= 0.3 is 0 Å². The fourth-order valence-corrected chi connectivity index (χ4v) is 4.09. The average Bonchev–Trinajstić information content (AvgIpc) is 3.20. The van der Waals surface area contributed by atoms with Gasteiger partial charge in [0.1, 0.15) is 5.82 Å². The third-order valence-electron chi connectivity index (χ3n) is 5.81. The van der Waals surface area contributed by atoms with E-state index >= 15 is 0 Å². The summed E-state index contributed by atoms with van der Waals surface area (Å²) in [6.45, 7) is 1.53. The highest BCUT2D eigenvalue weighted by atomic mass is 19.1. The Labute approximate surface area is 175 Å². The molecule has 2 heterocycles. The van der Waals surface area contributed by atoms with E-state index in [9.17, 15) is 14.0 Å². The Kier molecular flexibility index (Phi) is 6.12. The van der Waals surface area contributed by atoms with Crippen molar-refractivity contribution in [1.29, 1.82) is 0 Å². The molecular formula is C24H26FN3O2. The summed E-state index contributed by atoms with van der Waals surface area (Å²) in [6, 6.07) is 14.2. The molecule has 0 radical (unpaired) electrons. The quantitative estimate of drug-likeness (QED) is 0.653. The van der Waals surface area contributed by atoms with Crippen LogP contribution in [0.3, 0.4) is 0 Å². The van der Waals surface area contributed by atoms with Crippen LogP contribution >= 0.6 is 0 Å². The van der Waals surface area contributed by atoms with Gasteiger partial charge in [-0.2, -0.15) is 0 Å². The van der Waals surface area contributed by atoms with Gasteiger partial charge < -0.3 is 15.2 Å². The smallest absolute Gasteiger partial charge is 0.225 e. The fraction of sp³-hybridized carbons (Fsp3) is 0.333. The number of halogens is 1. The lowest BCUT2D eigenvalue weighted by Crippen LogP contribution is -2.45. The monoisotopic (exact) mass is 407 g/mol. The van der Waals surface area contributed by atoms with Crippen LogP contribution in [0, 0.1) is 11.7 Å². The Morgan fingerprint density at radius 2 is 1.93 bits per heavy atom. The molecule has 0 bridgehead atoms. The van der Waals surface area contributed by atoms with E-state index in [1.807, 2.05) is 29.3 Å². The minimum Gasteiger partial charge on any atom is -0.361 e. The topological polar surface area (TPSA) is 65.2 Å². The van der Waals surface area contributed by atoms with Gasteiger partial charge in [-0.1, -0.05) is 30.3 Å². The van der Waals surface area contributed by atoms with E-state index in [0.29, 0.717) is 32.5 Å². The van der Waals surface area contributed by atoms with Crippen LogP contribution in [0.15, 0.2) is 54.7 Å². The summed E-state index contributed by atoms with van der Waals surface area (Å²) in [4.78, 5) is 30.4. The number of nitrogens with one attached hydrogen (secondary N) is 2. The summed E-state index contributed by atoms with van der Waals surface area (Å²) in [5, 5.41) is 4.07. The Balaban J connectivity index is 1.28. The van der Waals surface area contributed by atoms with Crippen LogP contribution in [-0.4, -0.2) is 34.8 Å². The first-order valence-corrected chi connectivity index (χ1v) is 10.4. The number of para-hydroxylation sites is 1. The number of benzene rings is 2. The Bertz CT molecular complexity index is 1030. The van der Waals surface area contributed by atoms with E-state index in [1.165, 1.54) is 12.1 Å². The second-order valence-electron chi connectivity index (χ2n) is 7.88. The Morgan fingerprint density at radius 3 is 2.77 bits per heavy atom. The largest absolute Gasteiger partial charge is 0.361 e. The number of fused-ring (bicyclic) bond motifs is 1. The molecule has 1 fully saturated rings. The SMILES string of the molecule is O=C(NCc1ccc(F)cc1)C1CCCN(C(=O)CCc2c[nH]c3ccccc23)C1. The number of H-pyrrole nitrogens is 1. The Morgan fingerprint density at radius 1 is 1.13 bits per heavy atom. The van der Waals surface area contributed by atoms with Gasteiger partial charge in [-0.25, -0.2) is 4.39 Å². The van der Waals surface area contributed by atoms with Crippen molar-refractivity contribution in [1.82, 2.24) is 15.2 Å². The summed E-state index contributed by atoms with van der Waals surface area (Å²) in [5.74, 6) is -0.444. The first-order valence-electron chi connectivity index (χ1n) is 10.4. The lowest BCUT2D eigenvalue weighted by Gasteiger charge is -2.32. The molecule has 1 saturated heterocycles. The van der Waals surface area contributed by atoms with Crippen molar-refractivity contribution >= 4 is 22.7 Å². The highest BCUT2D eigenvalue weighted by Gasteiger charge is 2.28. The highest BCUT2D eigenvalue weighted by molar-refractivity contribution is 5.84. The number of rotatable bonds is 6. The molecule has 1 aromatic heterocycles. The summed E-state index contributed by atoms with van der Waals surface area (Å²) < 4.78 is 13.0. The van der Waals surface area contributed by atoms with E-state index in [2.05, 4.69) is 16.4 Å². The minimum absolute atomic E-state index is 0.0477. The maximum Gasteiger partial charge on any atom is 0.225 e. The molecule has 2 amide bonds. The Hall–Kier alpha value is -3.15. The maximum atomic E-state index is 13.0. The van der Waals surface area contributed by atoms with Gasteiger partial charge in [-0.15, -0.1) is 0 Å². The lowest BCUT2D eigenvalue weighted by atomic mass is 9.96. The van der Waals surface area contributed by atoms with Gasteiger partial charge in [0, 0.05) is 43.2 Å². The fourth-order valence-electron chi connectivity index (χ4n) is 4.09. The van der Waals surface area contributed by atoms with E-state index in [-0.39, 0.29) is 23.5 Å². The number of aromatic amines is 1. The minimum atomic E-state index is -0.292. The number of carbonyl (C=O) groups excluding carboxylic acids is 2.